The zero-order valence-electron chi connectivity index (χ0n) is 10.9. The van der Waals surface area contributed by atoms with E-state index in [9.17, 15) is 8.42 Å². The Balaban J connectivity index is 2.22. The second-order valence-electron chi connectivity index (χ2n) is 4.71. The van der Waals surface area contributed by atoms with Crippen LogP contribution < -0.4 is 4.72 Å². The Morgan fingerprint density at radius 1 is 1.26 bits per heavy atom. The monoisotopic (exact) mass is 279 g/mol. The van der Waals surface area contributed by atoms with Gasteiger partial charge in [0.1, 0.15) is 0 Å². The zero-order chi connectivity index (χ0) is 13.9. The van der Waals surface area contributed by atoms with E-state index in [1.807, 2.05) is 13.0 Å². The summed E-state index contributed by atoms with van der Waals surface area (Å²) in [5, 5.41) is 8.86. The van der Waals surface area contributed by atoms with Crippen LogP contribution in [0, 0.1) is 18.3 Å². The average molecular weight is 279 g/mol. The lowest BCUT2D eigenvalue weighted by atomic mass is 10.1. The van der Waals surface area contributed by atoms with Crippen LogP contribution in [0.25, 0.3) is 0 Å². The first-order chi connectivity index (χ1) is 9.03. The van der Waals surface area contributed by atoms with Crippen molar-refractivity contribution in [3.8, 4) is 6.07 Å². The molecule has 1 aromatic carbocycles. The van der Waals surface area contributed by atoms with E-state index in [-0.39, 0.29) is 0 Å². The smallest absolute Gasteiger partial charge is 0.271 e. The molecule has 102 valence electrons. The molecule has 0 aliphatic carbocycles. The second-order valence-corrected chi connectivity index (χ2v) is 6.38. The Hall–Kier alpha value is -1.58. The van der Waals surface area contributed by atoms with Crippen molar-refractivity contribution in [1.82, 2.24) is 4.31 Å². The van der Waals surface area contributed by atoms with Gasteiger partial charge >= 0.3 is 10.2 Å². The van der Waals surface area contributed by atoms with E-state index >= 15 is 0 Å². The van der Waals surface area contributed by atoms with Gasteiger partial charge in [0.15, 0.2) is 0 Å². The summed E-state index contributed by atoms with van der Waals surface area (Å²) in [5.41, 5.74) is 1.73. The normalized spacial score (nSPS) is 16.8. The summed E-state index contributed by atoms with van der Waals surface area (Å²) in [4.78, 5) is 0. The lowest BCUT2D eigenvalue weighted by Gasteiger charge is -2.26. The van der Waals surface area contributed by atoms with Crippen molar-refractivity contribution in [2.24, 2.45) is 0 Å². The first kappa shape index (κ1) is 13.8. The Kier molecular flexibility index (Phi) is 4.08. The summed E-state index contributed by atoms with van der Waals surface area (Å²) in [6, 6.07) is 7.00. The lowest BCUT2D eigenvalue weighted by Crippen LogP contribution is -2.39. The van der Waals surface area contributed by atoms with Crippen molar-refractivity contribution in [1.29, 1.82) is 5.26 Å². The van der Waals surface area contributed by atoms with Gasteiger partial charge in [-0.1, -0.05) is 12.5 Å². The summed E-state index contributed by atoms with van der Waals surface area (Å²) in [5.74, 6) is 0. The predicted molar refractivity (Wildman–Crippen MR) is 73.9 cm³/mol. The largest absolute Gasteiger partial charge is 0.301 e. The second kappa shape index (κ2) is 5.59. The van der Waals surface area contributed by atoms with E-state index < -0.39 is 10.2 Å². The molecule has 5 nitrogen and oxygen atoms in total. The van der Waals surface area contributed by atoms with E-state index in [0.29, 0.717) is 24.3 Å². The number of nitrogens with one attached hydrogen (secondary N) is 1. The third-order valence-corrected chi connectivity index (χ3v) is 4.78. The van der Waals surface area contributed by atoms with Crippen molar-refractivity contribution in [3.05, 3.63) is 29.3 Å². The van der Waals surface area contributed by atoms with Crippen LogP contribution in [0.5, 0.6) is 0 Å². The number of hydrogen-bond donors (Lipinski definition) is 1. The Labute approximate surface area is 114 Å². The number of rotatable bonds is 3. The highest BCUT2D eigenvalue weighted by atomic mass is 32.2. The van der Waals surface area contributed by atoms with Crippen molar-refractivity contribution < 1.29 is 8.42 Å². The molecule has 1 N–H and O–H groups in total. The highest BCUT2D eigenvalue weighted by Crippen LogP contribution is 2.20. The van der Waals surface area contributed by atoms with E-state index in [2.05, 4.69) is 4.72 Å². The van der Waals surface area contributed by atoms with Crippen LogP contribution in [0.2, 0.25) is 0 Å². The molecule has 0 radical (unpaired) electrons. The molecule has 1 saturated heterocycles. The molecule has 0 aromatic heterocycles. The molecule has 2 rings (SSSR count). The van der Waals surface area contributed by atoms with Crippen molar-refractivity contribution in [2.75, 3.05) is 17.8 Å². The molecular formula is C13H17N3O2S. The van der Waals surface area contributed by atoms with Crippen LogP contribution in [0.15, 0.2) is 18.2 Å². The van der Waals surface area contributed by atoms with Gasteiger partial charge in [0.25, 0.3) is 0 Å². The SMILES string of the molecule is Cc1ccc(C#N)cc1NS(=O)(=O)N1CCCCC1. The number of benzene rings is 1. The van der Waals surface area contributed by atoms with Crippen molar-refractivity contribution in [3.63, 3.8) is 0 Å². The molecule has 0 bridgehead atoms. The first-order valence-electron chi connectivity index (χ1n) is 6.31. The van der Waals surface area contributed by atoms with Gasteiger partial charge in [0.2, 0.25) is 0 Å². The molecule has 0 amide bonds. The summed E-state index contributed by atoms with van der Waals surface area (Å²) in [7, 11) is -3.51. The molecule has 0 spiro atoms. The van der Waals surface area contributed by atoms with Crippen LogP contribution in [-0.4, -0.2) is 25.8 Å². The number of piperidine rings is 1. The number of aryl methyl sites for hydroxylation is 1. The van der Waals surface area contributed by atoms with E-state index in [1.165, 1.54) is 4.31 Å². The molecular weight excluding hydrogens is 262 g/mol. The van der Waals surface area contributed by atoms with Gasteiger partial charge in [0.05, 0.1) is 17.3 Å². The Morgan fingerprint density at radius 2 is 1.95 bits per heavy atom. The van der Waals surface area contributed by atoms with Gasteiger partial charge in [0, 0.05) is 13.1 Å². The Bertz CT molecular complexity index is 599. The summed E-state index contributed by atoms with van der Waals surface area (Å²) in [6.45, 7) is 2.94. The Morgan fingerprint density at radius 3 is 2.58 bits per heavy atom. The third-order valence-electron chi connectivity index (χ3n) is 3.26. The molecule has 6 heteroatoms. The van der Waals surface area contributed by atoms with Gasteiger partial charge < -0.3 is 0 Å². The summed E-state index contributed by atoms with van der Waals surface area (Å²) in [6.07, 6.45) is 2.88. The molecule has 1 heterocycles. The van der Waals surface area contributed by atoms with Gasteiger partial charge in [-0.05, 0) is 37.5 Å². The maximum Gasteiger partial charge on any atom is 0.301 e. The van der Waals surface area contributed by atoms with Crippen molar-refractivity contribution in [2.45, 2.75) is 26.2 Å². The number of hydrogen-bond acceptors (Lipinski definition) is 3. The standard InChI is InChI=1S/C13H17N3O2S/c1-11-5-6-12(10-14)9-13(11)15-19(17,18)16-7-3-2-4-8-16/h5-6,9,15H,2-4,7-8H2,1H3. The van der Waals surface area contributed by atoms with E-state index in [1.54, 1.807) is 18.2 Å². The van der Waals surface area contributed by atoms with Gasteiger partial charge in [-0.25, -0.2) is 0 Å². The molecule has 0 atom stereocenters. The minimum Gasteiger partial charge on any atom is -0.271 e. The quantitative estimate of drug-likeness (QED) is 0.919. The van der Waals surface area contributed by atoms with Gasteiger partial charge in [-0.2, -0.15) is 18.0 Å². The van der Waals surface area contributed by atoms with Gasteiger partial charge in [-0.15, -0.1) is 0 Å². The first-order valence-corrected chi connectivity index (χ1v) is 7.75. The van der Waals surface area contributed by atoms with Crippen LogP contribution in [0.4, 0.5) is 5.69 Å². The van der Waals surface area contributed by atoms with E-state index in [0.717, 1.165) is 24.8 Å². The summed E-state index contributed by atoms with van der Waals surface area (Å²) < 4.78 is 28.5. The maximum atomic E-state index is 12.2. The highest BCUT2D eigenvalue weighted by molar-refractivity contribution is 7.90. The topological polar surface area (TPSA) is 73.2 Å². The zero-order valence-corrected chi connectivity index (χ0v) is 11.7. The third kappa shape index (κ3) is 3.25. The molecule has 1 aromatic rings. The van der Waals surface area contributed by atoms with Gasteiger partial charge in [-0.3, -0.25) is 4.72 Å². The molecule has 1 fully saturated rings. The van der Waals surface area contributed by atoms with Crippen LogP contribution in [0.1, 0.15) is 30.4 Å². The number of nitriles is 1. The van der Waals surface area contributed by atoms with Crippen LogP contribution in [-0.2, 0) is 10.2 Å². The van der Waals surface area contributed by atoms with Crippen LogP contribution >= 0.6 is 0 Å². The van der Waals surface area contributed by atoms with E-state index in [4.69, 9.17) is 5.26 Å². The number of anilines is 1. The molecule has 19 heavy (non-hydrogen) atoms. The molecule has 0 saturated carbocycles. The predicted octanol–water partition coefficient (Wildman–Crippen LogP) is 2.01. The average Bonchev–Trinajstić information content (AvgIpc) is 2.42. The number of nitrogens with zero attached hydrogens (tertiary/aromatic N) is 2. The highest BCUT2D eigenvalue weighted by Gasteiger charge is 2.24. The lowest BCUT2D eigenvalue weighted by molar-refractivity contribution is 0.349. The van der Waals surface area contributed by atoms with Crippen LogP contribution in [0.3, 0.4) is 0 Å². The minimum atomic E-state index is -3.51. The minimum absolute atomic E-state index is 0.446. The fourth-order valence-electron chi connectivity index (χ4n) is 2.11. The summed E-state index contributed by atoms with van der Waals surface area (Å²) >= 11 is 0. The molecule has 0 unspecified atom stereocenters. The maximum absolute atomic E-state index is 12.2. The fraction of sp³-hybridized carbons (Fsp3) is 0.462. The fourth-order valence-corrected chi connectivity index (χ4v) is 3.48. The molecule has 1 aliphatic rings. The van der Waals surface area contributed by atoms with Crippen molar-refractivity contribution >= 4 is 15.9 Å². The molecule has 1 aliphatic heterocycles.